The van der Waals surface area contributed by atoms with Crippen molar-refractivity contribution in [3.05, 3.63) is 71.7 Å². The van der Waals surface area contributed by atoms with Crippen molar-refractivity contribution >= 4 is 32.7 Å². The average molecular weight is 356 g/mol. The number of hydrogen-bond donors (Lipinski definition) is 0. The van der Waals surface area contributed by atoms with Crippen molar-refractivity contribution in [2.45, 2.75) is 13.3 Å². The zero-order chi connectivity index (χ0) is 18.0. The number of benzene rings is 3. The summed E-state index contributed by atoms with van der Waals surface area (Å²) < 4.78 is 22.7. The summed E-state index contributed by atoms with van der Waals surface area (Å²) in [5.41, 5.74) is 5.25. The number of furan rings is 2. The van der Waals surface area contributed by atoms with Crippen molar-refractivity contribution in [3.8, 4) is 11.5 Å². The predicted octanol–water partition coefficient (Wildman–Crippen LogP) is 5.96. The van der Waals surface area contributed by atoms with Gasteiger partial charge in [-0.3, -0.25) is 0 Å². The Kier molecular flexibility index (Phi) is 2.89. The van der Waals surface area contributed by atoms with Crippen molar-refractivity contribution in [3.63, 3.8) is 0 Å². The Bertz CT molecular complexity index is 1340. The van der Waals surface area contributed by atoms with E-state index in [0.29, 0.717) is 0 Å². The zero-order valence-electron chi connectivity index (χ0n) is 14.7. The maximum absolute atomic E-state index is 5.78. The van der Waals surface area contributed by atoms with Gasteiger partial charge in [0.05, 0.1) is 17.9 Å². The number of fused-ring (bicyclic) bond motifs is 6. The fourth-order valence-electron chi connectivity index (χ4n) is 4.16. The van der Waals surface area contributed by atoms with Gasteiger partial charge in [0.15, 0.2) is 11.5 Å². The molecule has 0 amide bonds. The number of rotatable bonds is 2. The topological polar surface area (TPSA) is 44.7 Å². The highest BCUT2D eigenvalue weighted by atomic mass is 16.7. The van der Waals surface area contributed by atoms with Gasteiger partial charge in [-0.05, 0) is 47.0 Å². The van der Waals surface area contributed by atoms with E-state index in [-0.39, 0.29) is 6.79 Å². The van der Waals surface area contributed by atoms with Gasteiger partial charge in [0.2, 0.25) is 6.79 Å². The van der Waals surface area contributed by atoms with Crippen LogP contribution in [0.5, 0.6) is 11.5 Å². The van der Waals surface area contributed by atoms with Crippen LogP contribution in [0.15, 0.2) is 63.8 Å². The molecule has 1 aliphatic rings. The molecule has 6 rings (SSSR count). The van der Waals surface area contributed by atoms with E-state index in [0.717, 1.165) is 45.6 Å². The number of hydrogen-bond acceptors (Lipinski definition) is 4. The summed E-state index contributed by atoms with van der Waals surface area (Å²) in [6, 6.07) is 14.5. The maximum Gasteiger partial charge on any atom is 0.231 e. The molecule has 1 aliphatic heterocycles. The van der Waals surface area contributed by atoms with Gasteiger partial charge in [0.25, 0.3) is 0 Å². The third-order valence-electron chi connectivity index (χ3n) is 5.40. The highest BCUT2D eigenvalue weighted by Crippen LogP contribution is 2.42. The quantitative estimate of drug-likeness (QED) is 0.391. The summed E-state index contributed by atoms with van der Waals surface area (Å²) in [5.74, 6) is 1.56. The molecule has 3 aromatic carbocycles. The van der Waals surface area contributed by atoms with Crippen LogP contribution < -0.4 is 9.47 Å². The van der Waals surface area contributed by atoms with Gasteiger partial charge in [-0.1, -0.05) is 24.3 Å². The van der Waals surface area contributed by atoms with Crippen LogP contribution in [0, 0.1) is 6.92 Å². The van der Waals surface area contributed by atoms with Crippen molar-refractivity contribution in [1.29, 1.82) is 0 Å². The fraction of sp³-hybridized carbons (Fsp3) is 0.130. The second-order valence-corrected chi connectivity index (χ2v) is 6.98. The van der Waals surface area contributed by atoms with Crippen LogP contribution in [0.3, 0.4) is 0 Å². The molecule has 0 spiro atoms. The molecule has 0 atom stereocenters. The smallest absolute Gasteiger partial charge is 0.231 e. The van der Waals surface area contributed by atoms with Gasteiger partial charge in [-0.2, -0.15) is 0 Å². The molecule has 4 heteroatoms. The van der Waals surface area contributed by atoms with Crippen LogP contribution in [0.25, 0.3) is 32.7 Å². The first-order chi connectivity index (χ1) is 13.3. The molecular weight excluding hydrogens is 340 g/mol. The minimum Gasteiger partial charge on any atom is -0.464 e. The number of aryl methyl sites for hydroxylation is 1. The second-order valence-electron chi connectivity index (χ2n) is 6.98. The molecule has 27 heavy (non-hydrogen) atoms. The van der Waals surface area contributed by atoms with Gasteiger partial charge in [0, 0.05) is 17.4 Å². The first-order valence-corrected chi connectivity index (χ1v) is 8.97. The summed E-state index contributed by atoms with van der Waals surface area (Å²) >= 11 is 0. The largest absolute Gasteiger partial charge is 0.464 e. The van der Waals surface area contributed by atoms with Gasteiger partial charge in [-0.25, -0.2) is 0 Å². The molecule has 0 N–H and O–H groups in total. The average Bonchev–Trinajstić information content (AvgIpc) is 3.40. The van der Waals surface area contributed by atoms with E-state index >= 15 is 0 Å². The molecule has 0 aliphatic carbocycles. The third kappa shape index (κ3) is 2.04. The molecule has 0 fully saturated rings. The molecule has 2 aromatic heterocycles. The zero-order valence-corrected chi connectivity index (χ0v) is 14.7. The van der Waals surface area contributed by atoms with Gasteiger partial charge >= 0.3 is 0 Å². The van der Waals surface area contributed by atoms with Crippen LogP contribution >= 0.6 is 0 Å². The molecule has 0 unspecified atom stereocenters. The first kappa shape index (κ1) is 14.7. The Balaban J connectivity index is 1.56. The minimum atomic E-state index is 0.255. The lowest BCUT2D eigenvalue weighted by molar-refractivity contribution is 0.175. The van der Waals surface area contributed by atoms with Crippen LogP contribution in [0.2, 0.25) is 0 Å². The molecule has 0 saturated heterocycles. The van der Waals surface area contributed by atoms with Gasteiger partial charge in [-0.15, -0.1) is 0 Å². The summed E-state index contributed by atoms with van der Waals surface area (Å²) in [6.45, 7) is 2.34. The second kappa shape index (κ2) is 5.30. The summed E-state index contributed by atoms with van der Waals surface area (Å²) in [6.07, 6.45) is 4.40. The van der Waals surface area contributed by atoms with E-state index in [2.05, 4.69) is 37.3 Å². The molecule has 4 nitrogen and oxygen atoms in total. The lowest BCUT2D eigenvalue weighted by Gasteiger charge is -2.08. The Morgan fingerprint density at radius 1 is 0.778 bits per heavy atom. The Labute approximate surface area is 154 Å². The first-order valence-electron chi connectivity index (χ1n) is 8.97. The monoisotopic (exact) mass is 356 g/mol. The van der Waals surface area contributed by atoms with Crippen molar-refractivity contribution in [2.75, 3.05) is 6.79 Å². The van der Waals surface area contributed by atoms with Gasteiger partial charge < -0.3 is 18.3 Å². The van der Waals surface area contributed by atoms with E-state index in [4.69, 9.17) is 18.3 Å². The molecule has 132 valence electrons. The van der Waals surface area contributed by atoms with E-state index in [9.17, 15) is 0 Å². The lowest BCUT2D eigenvalue weighted by atomic mass is 9.95. The van der Waals surface area contributed by atoms with Gasteiger partial charge in [0.1, 0.15) is 11.2 Å². The standard InChI is InChI=1S/C23H16O4/c1-13-10-24-18-6-5-16-14(3-2-4-17(16)21(13)18)9-15-11-25-19-7-8-20-23(22(15)19)27-12-26-20/h2-8,10-11H,9,12H2,1H3. The predicted molar refractivity (Wildman–Crippen MR) is 104 cm³/mol. The summed E-state index contributed by atoms with van der Waals surface area (Å²) in [7, 11) is 0. The van der Waals surface area contributed by atoms with Crippen molar-refractivity contribution < 1.29 is 18.3 Å². The fourth-order valence-corrected chi connectivity index (χ4v) is 4.16. The molecule has 5 aromatic rings. The van der Waals surface area contributed by atoms with E-state index in [1.807, 2.05) is 24.7 Å². The molecule has 0 saturated carbocycles. The molecule has 0 bridgehead atoms. The van der Waals surface area contributed by atoms with Crippen molar-refractivity contribution in [2.24, 2.45) is 0 Å². The Hall–Kier alpha value is -3.40. The van der Waals surface area contributed by atoms with E-state index < -0.39 is 0 Å². The van der Waals surface area contributed by atoms with E-state index in [1.165, 1.54) is 21.7 Å². The molecular formula is C23H16O4. The normalized spacial score (nSPS) is 13.2. The van der Waals surface area contributed by atoms with Crippen LogP contribution in [0.1, 0.15) is 16.7 Å². The lowest BCUT2D eigenvalue weighted by Crippen LogP contribution is -1.94. The van der Waals surface area contributed by atoms with Crippen molar-refractivity contribution in [1.82, 2.24) is 0 Å². The maximum atomic E-state index is 5.78. The Morgan fingerprint density at radius 2 is 1.63 bits per heavy atom. The highest BCUT2D eigenvalue weighted by molar-refractivity contribution is 6.08. The van der Waals surface area contributed by atoms with E-state index in [1.54, 1.807) is 0 Å². The Morgan fingerprint density at radius 3 is 2.59 bits per heavy atom. The number of ether oxygens (including phenoxy) is 2. The molecule has 3 heterocycles. The van der Waals surface area contributed by atoms with Crippen LogP contribution in [-0.4, -0.2) is 6.79 Å². The molecule has 0 radical (unpaired) electrons. The summed E-state index contributed by atoms with van der Waals surface area (Å²) in [4.78, 5) is 0. The summed E-state index contributed by atoms with van der Waals surface area (Å²) in [5, 5.41) is 4.63. The highest BCUT2D eigenvalue weighted by Gasteiger charge is 2.22. The van der Waals surface area contributed by atoms with Crippen LogP contribution in [0.4, 0.5) is 0 Å². The van der Waals surface area contributed by atoms with Crippen LogP contribution in [-0.2, 0) is 6.42 Å². The third-order valence-corrected chi connectivity index (χ3v) is 5.40. The SMILES string of the molecule is Cc1coc2ccc3c(Cc4coc5ccc6c(c45)OCO6)cccc3c12. The minimum absolute atomic E-state index is 0.255.